The van der Waals surface area contributed by atoms with Crippen LogP contribution in [0.25, 0.3) is 0 Å². The van der Waals surface area contributed by atoms with Crippen molar-refractivity contribution in [3.63, 3.8) is 0 Å². The second kappa shape index (κ2) is 7.88. The van der Waals surface area contributed by atoms with Gasteiger partial charge in [-0.25, -0.2) is 9.97 Å². The number of anilines is 1. The van der Waals surface area contributed by atoms with E-state index in [0.29, 0.717) is 18.5 Å². The highest BCUT2D eigenvalue weighted by Gasteiger charge is 2.28. The Hall–Kier alpha value is -1.73. The van der Waals surface area contributed by atoms with Gasteiger partial charge in [-0.2, -0.15) is 0 Å². The summed E-state index contributed by atoms with van der Waals surface area (Å²) >= 11 is 0. The second-order valence-electron chi connectivity index (χ2n) is 7.97. The van der Waals surface area contributed by atoms with Gasteiger partial charge in [0, 0.05) is 36.9 Å². The number of hydrogen-bond donors (Lipinski definition) is 2. The van der Waals surface area contributed by atoms with E-state index in [9.17, 15) is 9.90 Å². The maximum atomic E-state index is 12.5. The van der Waals surface area contributed by atoms with Crippen LogP contribution in [0.3, 0.4) is 0 Å². The van der Waals surface area contributed by atoms with Crippen molar-refractivity contribution in [3.8, 4) is 0 Å². The number of aromatic nitrogens is 2. The van der Waals surface area contributed by atoms with E-state index in [1.54, 1.807) is 0 Å². The highest BCUT2D eigenvalue weighted by molar-refractivity contribution is 5.91. The van der Waals surface area contributed by atoms with Gasteiger partial charge >= 0.3 is 0 Å². The van der Waals surface area contributed by atoms with Crippen LogP contribution in [0.2, 0.25) is 0 Å². The first kappa shape index (κ1) is 19.0. The third-order valence-corrected chi connectivity index (χ3v) is 5.81. The molecule has 3 rings (SSSR count). The molecule has 2 fully saturated rings. The van der Waals surface area contributed by atoms with E-state index in [2.05, 4.69) is 39.2 Å². The molecule has 1 aliphatic heterocycles. The Kier molecular flexibility index (Phi) is 5.77. The first-order chi connectivity index (χ1) is 12.3. The molecule has 0 aromatic carbocycles. The van der Waals surface area contributed by atoms with Gasteiger partial charge < -0.3 is 20.2 Å². The predicted octanol–water partition coefficient (Wildman–Crippen LogP) is 1.12. The normalized spacial score (nSPS) is 25.5. The van der Waals surface area contributed by atoms with Gasteiger partial charge in [-0.3, -0.25) is 4.79 Å². The van der Waals surface area contributed by atoms with Crippen molar-refractivity contribution in [1.82, 2.24) is 20.2 Å². The van der Waals surface area contributed by atoms with Crippen molar-refractivity contribution in [3.05, 3.63) is 17.1 Å². The molecule has 1 aromatic rings. The first-order valence-electron chi connectivity index (χ1n) is 9.58. The molecule has 7 heteroatoms. The quantitative estimate of drug-likeness (QED) is 0.790. The third-order valence-electron chi connectivity index (χ3n) is 5.81. The topological polar surface area (TPSA) is 81.6 Å². The number of amides is 1. The minimum Gasteiger partial charge on any atom is -0.393 e. The summed E-state index contributed by atoms with van der Waals surface area (Å²) in [5.74, 6) is 1.45. The Bertz CT molecular complexity index is 658. The Morgan fingerprint density at radius 1 is 1.31 bits per heavy atom. The van der Waals surface area contributed by atoms with Crippen LogP contribution in [0.4, 0.5) is 5.82 Å². The lowest BCUT2D eigenvalue weighted by Gasteiger charge is -2.31. The lowest BCUT2D eigenvalue weighted by atomic mass is 9.80. The number of hydrogen-bond acceptors (Lipinski definition) is 6. The summed E-state index contributed by atoms with van der Waals surface area (Å²) in [6, 6.07) is 0.514. The predicted molar refractivity (Wildman–Crippen MR) is 101 cm³/mol. The average Bonchev–Trinajstić information content (AvgIpc) is 3.05. The standard InChI is InChI=1S/C19H31N5O2/c1-12-13(2)21-17(19(26)20-7-5-14-9-16(25)10-14)22-18(12)24-8-6-15(11-24)23(3)4/h14-16,25H,5-11H2,1-4H3,(H,20,26)/t14?,15-,16?/m1/s1. The van der Waals surface area contributed by atoms with Crippen molar-refractivity contribution in [2.75, 3.05) is 38.6 Å². The number of rotatable bonds is 6. The molecule has 144 valence electrons. The number of aliphatic hydroxyl groups is 1. The maximum Gasteiger partial charge on any atom is 0.289 e. The Balaban J connectivity index is 1.64. The number of aryl methyl sites for hydroxylation is 1. The van der Waals surface area contributed by atoms with Crippen LogP contribution in [0, 0.1) is 19.8 Å². The molecule has 1 saturated heterocycles. The summed E-state index contributed by atoms with van der Waals surface area (Å²) in [5.41, 5.74) is 1.90. The van der Waals surface area contributed by atoms with Gasteiger partial charge in [0.05, 0.1) is 6.10 Å². The lowest BCUT2D eigenvalue weighted by Crippen LogP contribution is -2.34. The third kappa shape index (κ3) is 4.15. The fourth-order valence-corrected chi connectivity index (χ4v) is 3.78. The summed E-state index contributed by atoms with van der Waals surface area (Å²) < 4.78 is 0. The monoisotopic (exact) mass is 361 g/mol. The molecule has 2 aliphatic rings. The molecule has 0 unspecified atom stereocenters. The molecule has 2 N–H and O–H groups in total. The summed E-state index contributed by atoms with van der Waals surface area (Å²) in [5, 5.41) is 12.3. The molecular formula is C19H31N5O2. The zero-order chi connectivity index (χ0) is 18.8. The fourth-order valence-electron chi connectivity index (χ4n) is 3.78. The smallest absolute Gasteiger partial charge is 0.289 e. The van der Waals surface area contributed by atoms with Crippen LogP contribution >= 0.6 is 0 Å². The van der Waals surface area contributed by atoms with Crippen molar-refractivity contribution in [2.24, 2.45) is 5.92 Å². The van der Waals surface area contributed by atoms with Crippen LogP contribution in [-0.4, -0.2) is 71.8 Å². The van der Waals surface area contributed by atoms with Crippen LogP contribution in [0.15, 0.2) is 0 Å². The molecule has 26 heavy (non-hydrogen) atoms. The van der Waals surface area contributed by atoms with Crippen molar-refractivity contribution >= 4 is 11.7 Å². The lowest BCUT2D eigenvalue weighted by molar-refractivity contribution is 0.0393. The van der Waals surface area contributed by atoms with Gasteiger partial charge in [-0.1, -0.05) is 0 Å². The van der Waals surface area contributed by atoms with Gasteiger partial charge in [0.1, 0.15) is 5.82 Å². The molecule has 0 radical (unpaired) electrons. The molecule has 1 aliphatic carbocycles. The van der Waals surface area contributed by atoms with Gasteiger partial charge in [0.25, 0.3) is 5.91 Å². The van der Waals surface area contributed by atoms with E-state index >= 15 is 0 Å². The van der Waals surface area contributed by atoms with Crippen molar-refractivity contribution < 1.29 is 9.90 Å². The van der Waals surface area contributed by atoms with Gasteiger partial charge in [0.15, 0.2) is 0 Å². The highest BCUT2D eigenvalue weighted by atomic mass is 16.3. The van der Waals surface area contributed by atoms with E-state index < -0.39 is 0 Å². The van der Waals surface area contributed by atoms with E-state index in [0.717, 1.165) is 55.8 Å². The highest BCUT2D eigenvalue weighted by Crippen LogP contribution is 2.29. The Labute approximate surface area is 155 Å². The summed E-state index contributed by atoms with van der Waals surface area (Å²) in [6.07, 6.45) is 3.55. The molecule has 0 bridgehead atoms. The minimum absolute atomic E-state index is 0.146. The summed E-state index contributed by atoms with van der Waals surface area (Å²) in [7, 11) is 4.21. The number of likely N-dealkylation sites (N-methyl/N-ethyl adjacent to an activating group) is 1. The van der Waals surface area contributed by atoms with Crippen molar-refractivity contribution in [2.45, 2.75) is 51.7 Å². The number of nitrogens with zero attached hydrogens (tertiary/aromatic N) is 4. The number of nitrogens with one attached hydrogen (secondary N) is 1. The molecule has 7 nitrogen and oxygen atoms in total. The Morgan fingerprint density at radius 2 is 2.04 bits per heavy atom. The first-order valence-corrected chi connectivity index (χ1v) is 9.58. The maximum absolute atomic E-state index is 12.5. The second-order valence-corrected chi connectivity index (χ2v) is 7.97. The van der Waals surface area contributed by atoms with Gasteiger partial charge in [0.2, 0.25) is 5.82 Å². The Morgan fingerprint density at radius 3 is 2.65 bits per heavy atom. The van der Waals surface area contributed by atoms with Crippen LogP contribution < -0.4 is 10.2 Å². The molecule has 2 heterocycles. The number of carbonyl (C=O) groups is 1. The average molecular weight is 361 g/mol. The molecular weight excluding hydrogens is 330 g/mol. The fraction of sp³-hybridized carbons (Fsp3) is 0.737. The number of aliphatic hydroxyl groups excluding tert-OH is 1. The van der Waals surface area contributed by atoms with E-state index in [1.807, 2.05) is 13.8 Å². The van der Waals surface area contributed by atoms with Gasteiger partial charge in [-0.05, 0) is 59.5 Å². The van der Waals surface area contributed by atoms with E-state index in [-0.39, 0.29) is 17.8 Å². The molecule has 1 saturated carbocycles. The minimum atomic E-state index is -0.211. The van der Waals surface area contributed by atoms with E-state index in [1.165, 1.54) is 0 Å². The van der Waals surface area contributed by atoms with Crippen molar-refractivity contribution in [1.29, 1.82) is 0 Å². The zero-order valence-corrected chi connectivity index (χ0v) is 16.3. The van der Waals surface area contributed by atoms with E-state index in [4.69, 9.17) is 0 Å². The zero-order valence-electron chi connectivity index (χ0n) is 16.3. The SMILES string of the molecule is Cc1nc(C(=O)NCCC2CC(O)C2)nc(N2CC[C@@H](N(C)C)C2)c1C. The van der Waals surface area contributed by atoms with Gasteiger partial charge in [-0.15, -0.1) is 0 Å². The molecule has 1 atom stereocenters. The van der Waals surface area contributed by atoms with Crippen LogP contribution in [0.1, 0.15) is 47.6 Å². The van der Waals surface area contributed by atoms with Crippen LogP contribution in [0.5, 0.6) is 0 Å². The summed E-state index contributed by atoms with van der Waals surface area (Å²) in [4.78, 5) is 26.0. The number of carbonyl (C=O) groups excluding carboxylic acids is 1. The molecule has 1 aromatic heterocycles. The molecule has 1 amide bonds. The molecule has 0 spiro atoms. The summed E-state index contributed by atoms with van der Waals surface area (Å²) in [6.45, 7) is 6.44. The van der Waals surface area contributed by atoms with Crippen LogP contribution in [-0.2, 0) is 0 Å². The largest absolute Gasteiger partial charge is 0.393 e.